The number of nitrogens with zero attached hydrogens (tertiary/aromatic N) is 2. The topological polar surface area (TPSA) is 45.2 Å². The van der Waals surface area contributed by atoms with Gasteiger partial charge in [0, 0.05) is 25.9 Å². The number of carbonyl (C=O) groups is 1. The normalized spacial score (nSPS) is 10.4. The van der Waals surface area contributed by atoms with Gasteiger partial charge in [0.15, 0.2) is 0 Å². The van der Waals surface area contributed by atoms with Crippen LogP contribution in [0, 0.1) is 11.6 Å². The first-order valence-corrected chi connectivity index (χ1v) is 8.00. The van der Waals surface area contributed by atoms with Gasteiger partial charge >= 0.3 is 0 Å². The molecule has 1 aromatic heterocycles. The van der Waals surface area contributed by atoms with E-state index in [4.69, 9.17) is 0 Å². The minimum atomic E-state index is -0.828. The Kier molecular flexibility index (Phi) is 5.22. The first-order valence-electron chi connectivity index (χ1n) is 8.00. The highest BCUT2D eigenvalue weighted by Crippen LogP contribution is 2.17. The lowest BCUT2D eigenvalue weighted by atomic mass is 10.2. The van der Waals surface area contributed by atoms with E-state index in [9.17, 15) is 13.6 Å². The van der Waals surface area contributed by atoms with Gasteiger partial charge in [-0.05, 0) is 29.8 Å². The second-order valence-electron chi connectivity index (χ2n) is 5.83. The van der Waals surface area contributed by atoms with Crippen LogP contribution in [0.1, 0.15) is 15.9 Å². The number of rotatable bonds is 5. The molecule has 0 spiro atoms. The molecule has 0 fully saturated rings. The Hall–Kier alpha value is -3.28. The van der Waals surface area contributed by atoms with Crippen molar-refractivity contribution in [3.63, 3.8) is 0 Å². The first-order chi connectivity index (χ1) is 12.5. The van der Waals surface area contributed by atoms with Crippen LogP contribution < -0.4 is 10.2 Å². The zero-order chi connectivity index (χ0) is 18.5. The minimum absolute atomic E-state index is 0.0818. The molecule has 1 N–H and O–H groups in total. The number of anilines is 2. The lowest BCUT2D eigenvalue weighted by Gasteiger charge is -2.18. The van der Waals surface area contributed by atoms with E-state index in [1.54, 1.807) is 12.1 Å². The molecule has 1 amide bonds. The van der Waals surface area contributed by atoms with E-state index in [0.717, 1.165) is 17.7 Å². The first kappa shape index (κ1) is 17.5. The molecule has 6 heteroatoms. The van der Waals surface area contributed by atoms with Gasteiger partial charge in [0.1, 0.15) is 17.5 Å². The van der Waals surface area contributed by atoms with Crippen molar-refractivity contribution in [2.24, 2.45) is 0 Å². The fraction of sp³-hybridized carbons (Fsp3) is 0.100. The van der Waals surface area contributed by atoms with Crippen molar-refractivity contribution >= 4 is 17.4 Å². The number of halogens is 2. The monoisotopic (exact) mass is 353 g/mol. The summed E-state index contributed by atoms with van der Waals surface area (Å²) in [5, 5.41) is 2.41. The zero-order valence-corrected chi connectivity index (χ0v) is 14.1. The highest BCUT2D eigenvalue weighted by molar-refractivity contribution is 6.04. The molecule has 132 valence electrons. The fourth-order valence-corrected chi connectivity index (χ4v) is 2.47. The van der Waals surface area contributed by atoms with Crippen molar-refractivity contribution in [2.45, 2.75) is 6.54 Å². The highest BCUT2D eigenvalue weighted by atomic mass is 19.1. The third-order valence-electron chi connectivity index (χ3n) is 3.84. The van der Waals surface area contributed by atoms with Gasteiger partial charge < -0.3 is 10.2 Å². The molecule has 0 unspecified atom stereocenters. The highest BCUT2D eigenvalue weighted by Gasteiger charge is 2.11. The molecule has 0 saturated carbocycles. The predicted molar refractivity (Wildman–Crippen MR) is 97.1 cm³/mol. The Morgan fingerprint density at radius 2 is 1.85 bits per heavy atom. The van der Waals surface area contributed by atoms with Crippen molar-refractivity contribution in [1.82, 2.24) is 4.98 Å². The summed E-state index contributed by atoms with van der Waals surface area (Å²) in [6, 6.07) is 16.3. The quantitative estimate of drug-likeness (QED) is 0.746. The molecule has 4 nitrogen and oxygen atoms in total. The standard InChI is InChI=1S/C20H17F2N3O/c1-25(13-14-5-3-2-4-6-14)19-10-7-15(12-23-19)20(26)24-18-9-8-16(21)11-17(18)22/h2-12H,13H2,1H3,(H,24,26). The van der Waals surface area contributed by atoms with Gasteiger partial charge in [-0.25, -0.2) is 13.8 Å². The van der Waals surface area contributed by atoms with Crippen molar-refractivity contribution in [1.29, 1.82) is 0 Å². The Labute approximate surface area is 150 Å². The molecular weight excluding hydrogens is 336 g/mol. The lowest BCUT2D eigenvalue weighted by molar-refractivity contribution is 0.102. The smallest absolute Gasteiger partial charge is 0.257 e. The number of hydrogen-bond donors (Lipinski definition) is 1. The van der Waals surface area contributed by atoms with E-state index in [1.165, 1.54) is 12.3 Å². The number of hydrogen-bond acceptors (Lipinski definition) is 3. The molecule has 26 heavy (non-hydrogen) atoms. The number of amides is 1. The molecule has 1 heterocycles. The molecule has 0 aliphatic carbocycles. The van der Waals surface area contributed by atoms with Gasteiger partial charge in [-0.15, -0.1) is 0 Å². The summed E-state index contributed by atoms with van der Waals surface area (Å²) in [4.78, 5) is 18.4. The maximum absolute atomic E-state index is 13.6. The number of carbonyl (C=O) groups excluding carboxylic acids is 1. The molecule has 0 aliphatic heterocycles. The Bertz CT molecular complexity index is 899. The summed E-state index contributed by atoms with van der Waals surface area (Å²) in [6.45, 7) is 0.681. The summed E-state index contributed by atoms with van der Waals surface area (Å²) in [7, 11) is 1.91. The molecular formula is C20H17F2N3O. The summed E-state index contributed by atoms with van der Waals surface area (Å²) < 4.78 is 26.5. The van der Waals surface area contributed by atoms with Crippen LogP contribution in [0.15, 0.2) is 66.9 Å². The van der Waals surface area contributed by atoms with Crippen LogP contribution in [0.2, 0.25) is 0 Å². The number of pyridine rings is 1. The van der Waals surface area contributed by atoms with Crippen LogP contribution >= 0.6 is 0 Å². The number of benzene rings is 2. The summed E-state index contributed by atoms with van der Waals surface area (Å²) in [6.07, 6.45) is 1.42. The van der Waals surface area contributed by atoms with Crippen LogP contribution in [0.5, 0.6) is 0 Å². The Morgan fingerprint density at radius 1 is 1.08 bits per heavy atom. The molecule has 3 aromatic rings. The summed E-state index contributed by atoms with van der Waals surface area (Å²) in [5.41, 5.74) is 1.35. The molecule has 0 bridgehead atoms. The van der Waals surface area contributed by atoms with Crippen LogP contribution in [0.3, 0.4) is 0 Å². The second kappa shape index (κ2) is 7.74. The van der Waals surface area contributed by atoms with Crippen LogP contribution in [-0.2, 0) is 6.54 Å². The van der Waals surface area contributed by atoms with Crippen molar-refractivity contribution in [2.75, 3.05) is 17.3 Å². The fourth-order valence-electron chi connectivity index (χ4n) is 2.47. The van der Waals surface area contributed by atoms with E-state index in [1.807, 2.05) is 42.3 Å². The molecule has 2 aromatic carbocycles. The van der Waals surface area contributed by atoms with Crippen molar-refractivity contribution in [3.05, 3.63) is 89.6 Å². The average Bonchev–Trinajstić information content (AvgIpc) is 2.65. The summed E-state index contributed by atoms with van der Waals surface area (Å²) in [5.74, 6) is -1.34. The van der Waals surface area contributed by atoms with Crippen molar-refractivity contribution in [3.8, 4) is 0 Å². The van der Waals surface area contributed by atoms with E-state index < -0.39 is 17.5 Å². The van der Waals surface area contributed by atoms with Crippen molar-refractivity contribution < 1.29 is 13.6 Å². The van der Waals surface area contributed by atoms with Crippen LogP contribution in [0.4, 0.5) is 20.3 Å². The largest absolute Gasteiger partial charge is 0.355 e. The minimum Gasteiger partial charge on any atom is -0.355 e. The molecule has 0 radical (unpaired) electrons. The molecule has 0 atom stereocenters. The van der Waals surface area contributed by atoms with Gasteiger partial charge in [-0.2, -0.15) is 0 Å². The third kappa shape index (κ3) is 4.22. The number of nitrogens with one attached hydrogen (secondary N) is 1. The van der Waals surface area contributed by atoms with Gasteiger partial charge in [0.2, 0.25) is 0 Å². The van der Waals surface area contributed by atoms with Gasteiger partial charge in [-0.3, -0.25) is 4.79 Å². The number of aromatic nitrogens is 1. The zero-order valence-electron chi connectivity index (χ0n) is 14.1. The maximum Gasteiger partial charge on any atom is 0.257 e. The third-order valence-corrected chi connectivity index (χ3v) is 3.84. The average molecular weight is 353 g/mol. The predicted octanol–water partition coefficient (Wildman–Crippen LogP) is 4.25. The van der Waals surface area contributed by atoms with Gasteiger partial charge in [0.05, 0.1) is 11.3 Å². The Balaban J connectivity index is 1.67. The van der Waals surface area contributed by atoms with Gasteiger partial charge in [0.25, 0.3) is 5.91 Å². The lowest BCUT2D eigenvalue weighted by Crippen LogP contribution is -2.18. The molecule has 0 saturated heterocycles. The molecule has 0 aliphatic rings. The van der Waals surface area contributed by atoms with Crippen LogP contribution in [-0.4, -0.2) is 17.9 Å². The van der Waals surface area contributed by atoms with E-state index >= 15 is 0 Å². The van der Waals surface area contributed by atoms with E-state index in [0.29, 0.717) is 12.4 Å². The Morgan fingerprint density at radius 3 is 2.50 bits per heavy atom. The SMILES string of the molecule is CN(Cc1ccccc1)c1ccc(C(=O)Nc2ccc(F)cc2F)cn1. The maximum atomic E-state index is 13.6. The molecule has 3 rings (SSSR count). The van der Waals surface area contributed by atoms with E-state index in [2.05, 4.69) is 10.3 Å². The second-order valence-corrected chi connectivity index (χ2v) is 5.83. The van der Waals surface area contributed by atoms with Gasteiger partial charge in [-0.1, -0.05) is 30.3 Å². The van der Waals surface area contributed by atoms with E-state index in [-0.39, 0.29) is 11.3 Å². The summed E-state index contributed by atoms with van der Waals surface area (Å²) >= 11 is 0. The van der Waals surface area contributed by atoms with Crippen LogP contribution in [0.25, 0.3) is 0 Å².